The highest BCUT2D eigenvalue weighted by Gasteiger charge is 2.10. The predicted octanol–water partition coefficient (Wildman–Crippen LogP) is 6.40. The van der Waals surface area contributed by atoms with Crippen LogP contribution in [0.25, 0.3) is 20.8 Å². The van der Waals surface area contributed by atoms with Crippen molar-refractivity contribution in [2.75, 3.05) is 7.11 Å². The van der Waals surface area contributed by atoms with E-state index in [4.69, 9.17) is 9.72 Å². The highest BCUT2D eigenvalue weighted by molar-refractivity contribution is 7.21. The lowest BCUT2D eigenvalue weighted by Crippen LogP contribution is -1.83. The fourth-order valence-corrected chi connectivity index (χ4v) is 3.73. The Morgan fingerprint density at radius 3 is 2.56 bits per heavy atom. The van der Waals surface area contributed by atoms with Gasteiger partial charge >= 0.3 is 0 Å². The highest BCUT2D eigenvalue weighted by Crippen LogP contribution is 2.35. The van der Waals surface area contributed by atoms with E-state index in [-0.39, 0.29) is 5.75 Å². The Hall–Kier alpha value is -3.25. The maximum atomic E-state index is 9.46. The number of azo groups is 1. The van der Waals surface area contributed by atoms with Crippen LogP contribution in [-0.4, -0.2) is 17.2 Å². The molecule has 0 aliphatic heterocycles. The van der Waals surface area contributed by atoms with Gasteiger partial charge in [-0.25, -0.2) is 4.98 Å². The number of phenols is 1. The molecule has 0 saturated heterocycles. The van der Waals surface area contributed by atoms with Crippen LogP contribution in [0.1, 0.15) is 5.56 Å². The number of methoxy groups -OCH3 is 1. The largest absolute Gasteiger partial charge is 0.508 e. The van der Waals surface area contributed by atoms with Gasteiger partial charge in [0, 0.05) is 5.56 Å². The summed E-state index contributed by atoms with van der Waals surface area (Å²) in [5, 5.41) is 18.9. The molecule has 0 unspecified atom stereocenters. The molecular weight excluding hydrogens is 358 g/mol. The lowest BCUT2D eigenvalue weighted by atomic mass is 10.2. The van der Waals surface area contributed by atoms with Crippen LogP contribution in [-0.2, 0) is 0 Å². The minimum atomic E-state index is 0.225. The number of para-hydroxylation sites is 1. The summed E-state index contributed by atoms with van der Waals surface area (Å²) < 4.78 is 6.48. The van der Waals surface area contributed by atoms with Crippen LogP contribution < -0.4 is 4.74 Å². The molecule has 0 bridgehead atoms. The summed E-state index contributed by atoms with van der Waals surface area (Å²) >= 11 is 1.63. The van der Waals surface area contributed by atoms with E-state index >= 15 is 0 Å². The molecule has 0 saturated carbocycles. The molecule has 1 heterocycles. The number of benzene rings is 3. The molecular formula is C21H17N3O2S. The Morgan fingerprint density at radius 1 is 1.00 bits per heavy atom. The second-order valence-corrected chi connectivity index (χ2v) is 7.07. The third kappa shape index (κ3) is 3.52. The number of hydrogen-bond donors (Lipinski definition) is 1. The molecule has 0 radical (unpaired) electrons. The van der Waals surface area contributed by atoms with E-state index in [2.05, 4.69) is 10.2 Å². The van der Waals surface area contributed by atoms with Gasteiger partial charge in [-0.3, -0.25) is 0 Å². The van der Waals surface area contributed by atoms with E-state index in [0.29, 0.717) is 0 Å². The van der Waals surface area contributed by atoms with Gasteiger partial charge in [-0.1, -0.05) is 6.07 Å². The molecule has 0 aliphatic carbocycles. The number of aryl methyl sites for hydroxylation is 1. The van der Waals surface area contributed by atoms with Crippen molar-refractivity contribution in [1.82, 2.24) is 4.98 Å². The van der Waals surface area contributed by atoms with E-state index in [1.807, 2.05) is 49.4 Å². The van der Waals surface area contributed by atoms with Crippen molar-refractivity contribution in [2.24, 2.45) is 10.2 Å². The molecule has 1 N–H and O–H groups in total. The summed E-state index contributed by atoms with van der Waals surface area (Å²) in [7, 11) is 1.66. The fourth-order valence-electron chi connectivity index (χ4n) is 2.75. The summed E-state index contributed by atoms with van der Waals surface area (Å²) in [6.45, 7) is 1.89. The van der Waals surface area contributed by atoms with Crippen molar-refractivity contribution in [3.63, 3.8) is 0 Å². The first-order valence-electron chi connectivity index (χ1n) is 8.39. The van der Waals surface area contributed by atoms with E-state index in [1.54, 1.807) is 36.6 Å². The third-order valence-corrected chi connectivity index (χ3v) is 5.24. The van der Waals surface area contributed by atoms with Crippen LogP contribution in [0, 0.1) is 6.92 Å². The first-order chi connectivity index (χ1) is 13.1. The first kappa shape index (κ1) is 17.2. The smallest absolute Gasteiger partial charge is 0.145 e. The Balaban J connectivity index is 1.60. The number of fused-ring (bicyclic) bond motifs is 1. The number of thiazole rings is 1. The van der Waals surface area contributed by atoms with Gasteiger partial charge < -0.3 is 9.84 Å². The molecule has 4 aromatic rings. The second-order valence-electron chi connectivity index (χ2n) is 6.04. The van der Waals surface area contributed by atoms with Crippen LogP contribution in [0.3, 0.4) is 0 Å². The first-order valence-corrected chi connectivity index (χ1v) is 9.21. The van der Waals surface area contributed by atoms with E-state index in [1.165, 1.54) is 0 Å². The number of hydrogen-bond acceptors (Lipinski definition) is 6. The zero-order valence-corrected chi connectivity index (χ0v) is 15.7. The summed E-state index contributed by atoms with van der Waals surface area (Å²) in [5.41, 5.74) is 4.27. The van der Waals surface area contributed by atoms with Gasteiger partial charge in [0.25, 0.3) is 0 Å². The molecule has 0 aliphatic rings. The lowest BCUT2D eigenvalue weighted by molar-refractivity contribution is 0.419. The Morgan fingerprint density at radius 2 is 1.81 bits per heavy atom. The summed E-state index contributed by atoms with van der Waals surface area (Å²) in [4.78, 5) is 4.71. The summed E-state index contributed by atoms with van der Waals surface area (Å²) in [6, 6.07) is 18.8. The lowest BCUT2D eigenvalue weighted by Gasteiger charge is -2.00. The van der Waals surface area contributed by atoms with Crippen molar-refractivity contribution < 1.29 is 9.84 Å². The molecule has 0 atom stereocenters. The Kier molecular flexibility index (Phi) is 4.56. The minimum absolute atomic E-state index is 0.225. The molecule has 1 aromatic heterocycles. The third-order valence-electron chi connectivity index (χ3n) is 4.17. The van der Waals surface area contributed by atoms with Gasteiger partial charge in [0.05, 0.1) is 23.2 Å². The average Bonchev–Trinajstić information content (AvgIpc) is 3.12. The maximum Gasteiger partial charge on any atom is 0.145 e. The number of rotatable bonds is 4. The van der Waals surface area contributed by atoms with Crippen LogP contribution in [0.4, 0.5) is 11.4 Å². The number of nitrogens with zero attached hydrogens (tertiary/aromatic N) is 3. The molecule has 27 heavy (non-hydrogen) atoms. The van der Waals surface area contributed by atoms with Crippen molar-refractivity contribution in [2.45, 2.75) is 6.92 Å². The molecule has 0 amide bonds. The van der Waals surface area contributed by atoms with Crippen LogP contribution in [0.15, 0.2) is 70.9 Å². The standard InChI is InChI=1S/C21H17N3O2S/c1-13-12-16(25)10-11-17(13)24-23-15-8-6-14(7-9-15)21-22-20-18(26-2)4-3-5-19(20)27-21/h3-12,25H,1-2H3/b24-23+. The quantitative estimate of drug-likeness (QED) is 0.420. The Bertz CT molecular complexity index is 1130. The number of aromatic hydroxyl groups is 1. The number of aromatic nitrogens is 1. The van der Waals surface area contributed by atoms with Crippen molar-refractivity contribution in [3.05, 3.63) is 66.2 Å². The van der Waals surface area contributed by atoms with Gasteiger partial charge in [-0.05, 0) is 67.1 Å². The van der Waals surface area contributed by atoms with E-state index in [0.717, 1.165) is 43.5 Å². The molecule has 134 valence electrons. The summed E-state index contributed by atoms with van der Waals surface area (Å²) in [6.07, 6.45) is 0. The van der Waals surface area contributed by atoms with Gasteiger partial charge in [-0.15, -0.1) is 11.3 Å². The van der Waals surface area contributed by atoms with Crippen molar-refractivity contribution in [1.29, 1.82) is 0 Å². The molecule has 6 heteroatoms. The second kappa shape index (κ2) is 7.17. The minimum Gasteiger partial charge on any atom is -0.508 e. The molecule has 5 nitrogen and oxygen atoms in total. The molecule has 0 spiro atoms. The van der Waals surface area contributed by atoms with Crippen LogP contribution in [0.5, 0.6) is 11.5 Å². The molecule has 0 fully saturated rings. The monoisotopic (exact) mass is 375 g/mol. The van der Waals surface area contributed by atoms with Crippen molar-refractivity contribution in [3.8, 4) is 22.1 Å². The van der Waals surface area contributed by atoms with Crippen LogP contribution in [0.2, 0.25) is 0 Å². The zero-order chi connectivity index (χ0) is 18.8. The molecule has 4 rings (SSSR count). The fraction of sp³-hybridized carbons (Fsp3) is 0.0952. The topological polar surface area (TPSA) is 67.1 Å². The SMILES string of the molecule is COc1cccc2sc(-c3ccc(/N=N/c4ccc(O)cc4C)cc3)nc12. The van der Waals surface area contributed by atoms with Gasteiger partial charge in [0.1, 0.15) is 22.0 Å². The average molecular weight is 375 g/mol. The van der Waals surface area contributed by atoms with Gasteiger partial charge in [0.2, 0.25) is 0 Å². The van der Waals surface area contributed by atoms with E-state index in [9.17, 15) is 5.11 Å². The normalized spacial score (nSPS) is 11.3. The number of phenolic OH excluding ortho intramolecular Hbond substituents is 1. The number of ether oxygens (including phenoxy) is 1. The summed E-state index contributed by atoms with van der Waals surface area (Å²) in [5.74, 6) is 1.01. The van der Waals surface area contributed by atoms with Crippen molar-refractivity contribution >= 4 is 32.9 Å². The predicted molar refractivity (Wildman–Crippen MR) is 109 cm³/mol. The van der Waals surface area contributed by atoms with E-state index < -0.39 is 0 Å². The Labute approximate surface area is 160 Å². The van der Waals surface area contributed by atoms with Crippen LogP contribution >= 0.6 is 11.3 Å². The van der Waals surface area contributed by atoms with Gasteiger partial charge in [0.15, 0.2) is 0 Å². The van der Waals surface area contributed by atoms with Gasteiger partial charge in [-0.2, -0.15) is 10.2 Å². The maximum absolute atomic E-state index is 9.46. The molecule has 3 aromatic carbocycles. The highest BCUT2D eigenvalue weighted by atomic mass is 32.1. The zero-order valence-electron chi connectivity index (χ0n) is 14.9.